The molecule has 1 N–H and O–H groups in total. The lowest BCUT2D eigenvalue weighted by Crippen LogP contribution is -2.15. The number of ether oxygens (including phenoxy) is 1. The van der Waals surface area contributed by atoms with Crippen molar-refractivity contribution >= 4 is 17.6 Å². The topological polar surface area (TPSA) is 89.4 Å². The van der Waals surface area contributed by atoms with Crippen molar-refractivity contribution in [1.29, 1.82) is 0 Å². The minimum atomic E-state index is -0.711. The molecule has 3 aromatic rings. The molecule has 146 valence electrons. The lowest BCUT2D eigenvalue weighted by atomic mass is 10.0. The van der Waals surface area contributed by atoms with Gasteiger partial charge >= 0.3 is 0 Å². The van der Waals surface area contributed by atoms with Crippen LogP contribution >= 0.6 is 0 Å². The fourth-order valence-corrected chi connectivity index (χ4v) is 2.63. The number of carbonyl (C=O) groups excluding carboxylic acids is 1. The monoisotopic (exact) mass is 391 g/mol. The lowest BCUT2D eigenvalue weighted by molar-refractivity contribution is 0.102. The predicted octanol–water partition coefficient (Wildman–Crippen LogP) is 3.77. The summed E-state index contributed by atoms with van der Waals surface area (Å²) in [6.45, 7) is 5.49. The Morgan fingerprint density at radius 3 is 2.72 bits per heavy atom. The van der Waals surface area contributed by atoms with E-state index >= 15 is 0 Å². The van der Waals surface area contributed by atoms with E-state index in [9.17, 15) is 9.18 Å². The number of aromatic nitrogens is 3. The van der Waals surface area contributed by atoms with Crippen LogP contribution in [0.15, 0.2) is 66.9 Å². The van der Waals surface area contributed by atoms with E-state index in [1.807, 2.05) is 25.1 Å². The zero-order chi connectivity index (χ0) is 20.8. The van der Waals surface area contributed by atoms with Crippen LogP contribution in [0.5, 0.6) is 0 Å². The first-order chi connectivity index (χ1) is 14.0. The van der Waals surface area contributed by atoms with Gasteiger partial charge in [0.05, 0.1) is 36.1 Å². The van der Waals surface area contributed by atoms with Crippen LogP contribution in [0.2, 0.25) is 0 Å². The molecule has 0 spiro atoms. The SMILES string of the molecule is C=CO/C(=N\C)c1ccc(C)c(-c2cnc(NC(=O)c3ccncc3F)cn2)c1. The van der Waals surface area contributed by atoms with E-state index in [0.717, 1.165) is 22.9 Å². The van der Waals surface area contributed by atoms with Crippen LogP contribution in [0.1, 0.15) is 21.5 Å². The Bertz CT molecular complexity index is 1080. The Kier molecular flexibility index (Phi) is 6.03. The van der Waals surface area contributed by atoms with Crippen LogP contribution < -0.4 is 5.32 Å². The van der Waals surface area contributed by atoms with Crippen LogP contribution in [0.25, 0.3) is 11.3 Å². The van der Waals surface area contributed by atoms with Crippen molar-refractivity contribution in [3.63, 3.8) is 0 Å². The van der Waals surface area contributed by atoms with Crippen molar-refractivity contribution in [2.45, 2.75) is 6.92 Å². The smallest absolute Gasteiger partial charge is 0.259 e. The fraction of sp³-hybridized carbons (Fsp3) is 0.0952. The van der Waals surface area contributed by atoms with Gasteiger partial charge in [-0.15, -0.1) is 0 Å². The Hall–Kier alpha value is -3.94. The molecule has 0 radical (unpaired) electrons. The van der Waals surface area contributed by atoms with Gasteiger partial charge in [-0.2, -0.15) is 0 Å². The summed E-state index contributed by atoms with van der Waals surface area (Å²) in [5.74, 6) is -0.709. The summed E-state index contributed by atoms with van der Waals surface area (Å²) in [7, 11) is 1.63. The van der Waals surface area contributed by atoms with Gasteiger partial charge in [-0.05, 0) is 30.7 Å². The molecule has 0 saturated carbocycles. The van der Waals surface area contributed by atoms with Crippen LogP contribution in [0.4, 0.5) is 10.2 Å². The zero-order valence-corrected chi connectivity index (χ0v) is 15.9. The molecule has 2 aromatic heterocycles. The highest BCUT2D eigenvalue weighted by Crippen LogP contribution is 2.23. The molecule has 0 aliphatic heterocycles. The van der Waals surface area contributed by atoms with Gasteiger partial charge < -0.3 is 10.1 Å². The minimum Gasteiger partial charge on any atom is -0.447 e. The van der Waals surface area contributed by atoms with Gasteiger partial charge in [0.1, 0.15) is 0 Å². The number of nitrogens with zero attached hydrogens (tertiary/aromatic N) is 4. The molecule has 0 atom stereocenters. The maximum absolute atomic E-state index is 13.7. The Morgan fingerprint density at radius 2 is 2.07 bits per heavy atom. The Morgan fingerprint density at radius 1 is 1.24 bits per heavy atom. The minimum absolute atomic E-state index is 0.122. The molecular formula is C21H18FN5O2. The number of benzene rings is 1. The fourth-order valence-electron chi connectivity index (χ4n) is 2.63. The molecule has 1 aromatic carbocycles. The second-order valence-corrected chi connectivity index (χ2v) is 5.94. The lowest BCUT2D eigenvalue weighted by Gasteiger charge is -2.10. The van der Waals surface area contributed by atoms with Crippen molar-refractivity contribution in [2.75, 3.05) is 12.4 Å². The van der Waals surface area contributed by atoms with Crippen molar-refractivity contribution < 1.29 is 13.9 Å². The van der Waals surface area contributed by atoms with Gasteiger partial charge in [-0.1, -0.05) is 12.6 Å². The molecule has 1 amide bonds. The van der Waals surface area contributed by atoms with Gasteiger partial charge in [0.15, 0.2) is 11.6 Å². The largest absolute Gasteiger partial charge is 0.447 e. The van der Waals surface area contributed by atoms with Gasteiger partial charge in [-0.25, -0.2) is 9.37 Å². The van der Waals surface area contributed by atoms with Gasteiger partial charge in [0.25, 0.3) is 5.91 Å². The number of aliphatic imine (C=N–C) groups is 1. The summed E-state index contributed by atoms with van der Waals surface area (Å²) < 4.78 is 19.0. The van der Waals surface area contributed by atoms with Crippen molar-refractivity contribution in [2.24, 2.45) is 4.99 Å². The van der Waals surface area contributed by atoms with Crippen LogP contribution in [-0.4, -0.2) is 33.8 Å². The summed E-state index contributed by atoms with van der Waals surface area (Å²) in [5.41, 5.74) is 3.06. The molecule has 0 fully saturated rings. The van der Waals surface area contributed by atoms with Crippen LogP contribution in [0, 0.1) is 12.7 Å². The zero-order valence-electron chi connectivity index (χ0n) is 15.9. The number of carbonyl (C=O) groups is 1. The highest BCUT2D eigenvalue weighted by atomic mass is 19.1. The number of aryl methyl sites for hydroxylation is 1. The Labute approximate surface area is 167 Å². The maximum Gasteiger partial charge on any atom is 0.259 e. The van der Waals surface area contributed by atoms with Crippen LogP contribution in [0.3, 0.4) is 0 Å². The van der Waals surface area contributed by atoms with Crippen LogP contribution in [-0.2, 0) is 4.74 Å². The highest BCUT2D eigenvalue weighted by molar-refractivity contribution is 6.03. The third-order valence-corrected chi connectivity index (χ3v) is 4.07. The normalized spacial score (nSPS) is 11.1. The van der Waals surface area contributed by atoms with Crippen molar-refractivity contribution in [3.05, 3.63) is 84.4 Å². The molecule has 0 saturated heterocycles. The molecular weight excluding hydrogens is 373 g/mol. The van der Waals surface area contributed by atoms with E-state index in [-0.39, 0.29) is 11.4 Å². The average Bonchev–Trinajstić information content (AvgIpc) is 2.73. The van der Waals surface area contributed by atoms with E-state index in [1.165, 1.54) is 30.9 Å². The molecule has 3 rings (SSSR count). The summed E-state index contributed by atoms with van der Waals surface area (Å²) in [5, 5.41) is 2.52. The summed E-state index contributed by atoms with van der Waals surface area (Å²) in [4.78, 5) is 28.5. The standard InChI is InChI=1S/C21H18FN5O2/c1-4-29-21(23-3)14-6-5-13(2)16(9-14)18-11-26-19(12-25-18)27-20(28)15-7-8-24-10-17(15)22/h4-12H,1H2,2-3H3,(H,26,27,28)/b23-21-. The molecule has 29 heavy (non-hydrogen) atoms. The van der Waals surface area contributed by atoms with E-state index in [4.69, 9.17) is 4.74 Å². The van der Waals surface area contributed by atoms with E-state index < -0.39 is 11.7 Å². The number of hydrogen-bond donors (Lipinski definition) is 1. The average molecular weight is 391 g/mol. The quantitative estimate of drug-likeness (QED) is 0.406. The first kappa shape index (κ1) is 19.8. The third-order valence-electron chi connectivity index (χ3n) is 4.07. The molecule has 0 unspecified atom stereocenters. The molecule has 0 aliphatic carbocycles. The van der Waals surface area contributed by atoms with Crippen molar-refractivity contribution in [3.8, 4) is 11.3 Å². The molecule has 7 nitrogen and oxygen atoms in total. The summed E-state index contributed by atoms with van der Waals surface area (Å²) >= 11 is 0. The predicted molar refractivity (Wildman–Crippen MR) is 108 cm³/mol. The Balaban J connectivity index is 1.84. The first-order valence-corrected chi connectivity index (χ1v) is 8.62. The highest BCUT2D eigenvalue weighted by Gasteiger charge is 2.13. The number of nitrogens with one attached hydrogen (secondary N) is 1. The van der Waals surface area contributed by atoms with Gasteiger partial charge in [-0.3, -0.25) is 19.8 Å². The van der Waals surface area contributed by atoms with Crippen molar-refractivity contribution in [1.82, 2.24) is 15.0 Å². The van der Waals surface area contributed by atoms with Gasteiger partial charge in [0, 0.05) is 24.4 Å². The maximum atomic E-state index is 13.7. The third kappa shape index (κ3) is 4.49. The molecule has 0 bridgehead atoms. The van der Waals surface area contributed by atoms with Gasteiger partial charge in [0.2, 0.25) is 5.90 Å². The second kappa shape index (κ2) is 8.83. The number of halogens is 1. The number of pyridine rings is 1. The molecule has 2 heterocycles. The molecule has 8 heteroatoms. The number of anilines is 1. The van der Waals surface area contributed by atoms with E-state index in [0.29, 0.717) is 11.6 Å². The second-order valence-electron chi connectivity index (χ2n) is 5.94. The van der Waals surface area contributed by atoms with E-state index in [2.05, 4.69) is 31.8 Å². The first-order valence-electron chi connectivity index (χ1n) is 8.62. The molecule has 0 aliphatic rings. The summed E-state index contributed by atoms with van der Waals surface area (Å²) in [6.07, 6.45) is 6.57. The van der Waals surface area contributed by atoms with E-state index in [1.54, 1.807) is 7.05 Å². The summed E-state index contributed by atoms with van der Waals surface area (Å²) in [6, 6.07) is 6.98. The number of amides is 1. The number of hydrogen-bond acceptors (Lipinski definition) is 6. The number of rotatable bonds is 5.